The van der Waals surface area contributed by atoms with E-state index in [1.54, 1.807) is 17.0 Å². The van der Waals surface area contributed by atoms with Gasteiger partial charge in [-0.1, -0.05) is 6.07 Å². The number of anilines is 2. The van der Waals surface area contributed by atoms with Crippen molar-refractivity contribution < 1.29 is 30.4 Å². The third kappa shape index (κ3) is 4.40. The Morgan fingerprint density at radius 1 is 0.895 bits per heavy atom. The summed E-state index contributed by atoms with van der Waals surface area (Å²) in [6.07, 6.45) is 7.38. The molecule has 38 heavy (non-hydrogen) atoms. The van der Waals surface area contributed by atoms with Crippen LogP contribution in [0.3, 0.4) is 0 Å². The van der Waals surface area contributed by atoms with Gasteiger partial charge in [0.05, 0.1) is 24.2 Å². The van der Waals surface area contributed by atoms with Crippen molar-refractivity contribution in [3.8, 4) is 0 Å². The summed E-state index contributed by atoms with van der Waals surface area (Å²) < 4.78 is 79.4. The first-order valence-electron chi connectivity index (χ1n) is 12.6. The Kier molecular flexibility index (Phi) is 5.56. The third-order valence-corrected chi connectivity index (χ3v) is 11.0. The molecule has 2 aliphatic heterocycles. The van der Waals surface area contributed by atoms with Gasteiger partial charge in [-0.3, -0.25) is 9.52 Å². The average Bonchev–Trinajstić information content (AvgIpc) is 3.53. The summed E-state index contributed by atoms with van der Waals surface area (Å²) in [5.41, 5.74) is 2.27. The Hall–Kier alpha value is -2.57. The molecule has 0 bridgehead atoms. The van der Waals surface area contributed by atoms with Crippen molar-refractivity contribution in [1.29, 1.82) is 0 Å². The van der Waals surface area contributed by atoms with Crippen molar-refractivity contribution >= 4 is 37.3 Å². The third-order valence-electron chi connectivity index (χ3n) is 8.63. The fraction of sp³-hybridized carbons (Fsp3) is 0.500. The highest BCUT2D eigenvalue weighted by Gasteiger charge is 2.54. The minimum Gasteiger partial charge on any atom is -0.307 e. The van der Waals surface area contributed by atoms with E-state index in [9.17, 15) is 30.4 Å². The smallest absolute Gasteiger partial charge is 0.275 e. The number of rotatable bonds is 5. The molecule has 204 valence electrons. The lowest BCUT2D eigenvalue weighted by molar-refractivity contribution is -0.0945. The molecular formula is C26H29F2N3O5S2. The van der Waals surface area contributed by atoms with E-state index < -0.39 is 39.1 Å². The zero-order valence-electron chi connectivity index (χ0n) is 20.9. The van der Waals surface area contributed by atoms with E-state index in [0.717, 1.165) is 37.5 Å². The normalized spacial score (nSPS) is 23.2. The Labute approximate surface area is 221 Å². The SMILES string of the molecule is CS(=O)(=O)Nc1ccc2c(c1)C1(CCC3(CC3)CC1)CN2C(=O)c1cccc(S(=O)(=O)N2CC(F)(F)C2)c1. The highest BCUT2D eigenvalue weighted by atomic mass is 32.2. The van der Waals surface area contributed by atoms with Gasteiger partial charge < -0.3 is 4.90 Å². The van der Waals surface area contributed by atoms with Crippen LogP contribution < -0.4 is 9.62 Å². The number of benzene rings is 2. The van der Waals surface area contributed by atoms with Gasteiger partial charge in [0.25, 0.3) is 11.8 Å². The maximum absolute atomic E-state index is 13.8. The van der Waals surface area contributed by atoms with Crippen molar-refractivity contribution in [3.63, 3.8) is 0 Å². The Balaban J connectivity index is 1.33. The minimum atomic E-state index is -4.15. The summed E-state index contributed by atoms with van der Waals surface area (Å²) in [6.45, 7) is -1.34. The summed E-state index contributed by atoms with van der Waals surface area (Å²) in [5.74, 6) is -3.43. The largest absolute Gasteiger partial charge is 0.307 e. The van der Waals surface area contributed by atoms with Crippen LogP contribution in [0.25, 0.3) is 0 Å². The van der Waals surface area contributed by atoms with Crippen LogP contribution in [0.1, 0.15) is 54.4 Å². The number of carbonyl (C=O) groups excluding carboxylic acids is 1. The van der Waals surface area contributed by atoms with Gasteiger partial charge in [-0.05, 0) is 85.9 Å². The van der Waals surface area contributed by atoms with Crippen LogP contribution in [0, 0.1) is 5.41 Å². The standard InChI is InChI=1S/C26H29F2N3O5S2/c1-37(33,34)29-19-5-6-22-21(14-19)25(11-9-24(7-8-24)10-12-25)15-31(22)23(32)18-3-2-4-20(13-18)38(35,36)30-16-26(27,28)17-30/h2-6,13-14,29H,7-12,15-17H2,1H3. The predicted octanol–water partition coefficient (Wildman–Crippen LogP) is 3.95. The maximum atomic E-state index is 13.8. The number of carbonyl (C=O) groups is 1. The second-order valence-electron chi connectivity index (χ2n) is 11.4. The van der Waals surface area contributed by atoms with E-state index in [2.05, 4.69) is 4.72 Å². The first kappa shape index (κ1) is 25.7. The summed E-state index contributed by atoms with van der Waals surface area (Å²) in [5, 5.41) is 0. The lowest BCUT2D eigenvalue weighted by Gasteiger charge is -2.38. The monoisotopic (exact) mass is 565 g/mol. The fourth-order valence-electron chi connectivity index (χ4n) is 6.23. The number of amides is 1. The average molecular weight is 566 g/mol. The molecule has 6 rings (SSSR count). The number of sulfonamides is 2. The lowest BCUT2D eigenvalue weighted by Crippen LogP contribution is -2.58. The van der Waals surface area contributed by atoms with E-state index in [-0.39, 0.29) is 21.8 Å². The topological polar surface area (TPSA) is 104 Å². The van der Waals surface area contributed by atoms with Crippen molar-refractivity contribution in [2.75, 3.05) is 35.5 Å². The molecule has 1 N–H and O–H groups in total. The van der Waals surface area contributed by atoms with E-state index in [1.165, 1.54) is 37.1 Å². The first-order chi connectivity index (χ1) is 17.7. The molecule has 3 fully saturated rings. The van der Waals surface area contributed by atoms with Crippen molar-refractivity contribution in [1.82, 2.24) is 4.31 Å². The predicted molar refractivity (Wildman–Crippen MR) is 139 cm³/mol. The van der Waals surface area contributed by atoms with Gasteiger partial charge in [0.2, 0.25) is 20.0 Å². The highest BCUT2D eigenvalue weighted by Crippen LogP contribution is 2.62. The molecule has 12 heteroatoms. The Morgan fingerprint density at radius 3 is 2.16 bits per heavy atom. The number of halogens is 2. The van der Waals surface area contributed by atoms with Crippen molar-refractivity contribution in [2.24, 2.45) is 5.41 Å². The zero-order valence-corrected chi connectivity index (χ0v) is 22.5. The van der Waals surface area contributed by atoms with Crippen LogP contribution in [0.2, 0.25) is 0 Å². The van der Waals surface area contributed by atoms with Gasteiger partial charge in [0.1, 0.15) is 0 Å². The minimum absolute atomic E-state index is 0.147. The van der Waals surface area contributed by atoms with Gasteiger partial charge in [-0.2, -0.15) is 4.31 Å². The fourth-order valence-corrected chi connectivity index (χ4v) is 8.32. The first-order valence-corrected chi connectivity index (χ1v) is 16.0. The quantitative estimate of drug-likeness (QED) is 0.592. The molecule has 0 unspecified atom stereocenters. The second kappa shape index (κ2) is 8.22. The van der Waals surface area contributed by atoms with E-state index in [0.29, 0.717) is 27.6 Å². The zero-order chi connectivity index (χ0) is 27.1. The number of alkyl halides is 2. The molecule has 1 saturated heterocycles. The van der Waals surface area contributed by atoms with Crippen molar-refractivity contribution in [3.05, 3.63) is 53.6 Å². The number of nitrogens with zero attached hydrogens (tertiary/aromatic N) is 2. The molecule has 2 heterocycles. The van der Waals surface area contributed by atoms with Gasteiger partial charge in [-0.25, -0.2) is 25.6 Å². The molecule has 2 spiro atoms. The van der Waals surface area contributed by atoms with Crippen LogP contribution in [-0.2, 0) is 25.5 Å². The number of hydrogen-bond donors (Lipinski definition) is 1. The molecule has 8 nitrogen and oxygen atoms in total. The molecule has 2 saturated carbocycles. The van der Waals surface area contributed by atoms with Gasteiger partial charge >= 0.3 is 0 Å². The summed E-state index contributed by atoms with van der Waals surface area (Å²) in [7, 11) is -7.64. The maximum Gasteiger partial charge on any atom is 0.275 e. The van der Waals surface area contributed by atoms with Crippen LogP contribution in [-0.4, -0.2) is 58.9 Å². The van der Waals surface area contributed by atoms with E-state index in [4.69, 9.17) is 0 Å². The molecule has 2 aliphatic carbocycles. The van der Waals surface area contributed by atoms with Crippen LogP contribution in [0.15, 0.2) is 47.4 Å². The highest BCUT2D eigenvalue weighted by molar-refractivity contribution is 7.92. The molecule has 1 amide bonds. The van der Waals surface area contributed by atoms with Crippen LogP contribution >= 0.6 is 0 Å². The van der Waals surface area contributed by atoms with Gasteiger partial charge in [0, 0.05) is 28.9 Å². The molecule has 0 atom stereocenters. The molecular weight excluding hydrogens is 536 g/mol. The van der Waals surface area contributed by atoms with E-state index in [1.807, 2.05) is 6.07 Å². The summed E-state index contributed by atoms with van der Waals surface area (Å²) in [4.78, 5) is 15.3. The van der Waals surface area contributed by atoms with Crippen LogP contribution in [0.4, 0.5) is 20.2 Å². The molecule has 2 aromatic carbocycles. The molecule has 0 radical (unpaired) electrons. The molecule has 4 aliphatic rings. The molecule has 2 aromatic rings. The Bertz CT molecular complexity index is 1540. The Morgan fingerprint density at radius 2 is 1.55 bits per heavy atom. The van der Waals surface area contributed by atoms with Gasteiger partial charge in [0.15, 0.2) is 0 Å². The van der Waals surface area contributed by atoms with Gasteiger partial charge in [-0.15, -0.1) is 0 Å². The number of fused-ring (bicyclic) bond motifs is 2. The van der Waals surface area contributed by atoms with Crippen LogP contribution in [0.5, 0.6) is 0 Å². The van der Waals surface area contributed by atoms with Crippen molar-refractivity contribution in [2.45, 2.75) is 54.8 Å². The summed E-state index contributed by atoms with van der Waals surface area (Å²) >= 11 is 0. The van der Waals surface area contributed by atoms with E-state index >= 15 is 0 Å². The second-order valence-corrected chi connectivity index (χ2v) is 15.1. The number of hydrogen-bond acceptors (Lipinski definition) is 5. The molecule has 0 aromatic heterocycles. The number of nitrogens with one attached hydrogen (secondary N) is 1. The summed E-state index contributed by atoms with van der Waals surface area (Å²) in [6, 6.07) is 10.7. The lowest BCUT2D eigenvalue weighted by atomic mass is 9.66.